The molecule has 9 heteroatoms. The molecule has 1 heterocycles. The third-order valence-corrected chi connectivity index (χ3v) is 6.65. The van der Waals surface area contributed by atoms with Gasteiger partial charge in [0.25, 0.3) is 10.0 Å². The number of hydrogen-bond donors (Lipinski definition) is 2. The number of rotatable bonds is 4. The van der Waals surface area contributed by atoms with E-state index in [4.69, 9.17) is 5.11 Å². The number of anilines is 1. The molecule has 1 aromatic carbocycles. The molecule has 0 saturated heterocycles. The Morgan fingerprint density at radius 2 is 1.95 bits per heavy atom. The lowest BCUT2D eigenvalue weighted by atomic mass is 10.3. The topological polar surface area (TPSA) is 83.5 Å². The van der Waals surface area contributed by atoms with E-state index in [-0.39, 0.29) is 14.8 Å². The molecular formula is C12H9Br2NO4S2. The molecule has 0 aliphatic carbocycles. The first-order chi connectivity index (χ1) is 9.70. The van der Waals surface area contributed by atoms with Crippen LogP contribution in [-0.4, -0.2) is 19.5 Å². The summed E-state index contributed by atoms with van der Waals surface area (Å²) in [6, 6.07) is 6.28. The fourth-order valence-electron chi connectivity index (χ4n) is 1.62. The van der Waals surface area contributed by atoms with E-state index in [9.17, 15) is 13.2 Å². The van der Waals surface area contributed by atoms with Crippen molar-refractivity contribution in [2.24, 2.45) is 0 Å². The largest absolute Gasteiger partial charge is 0.477 e. The maximum atomic E-state index is 12.4. The van der Waals surface area contributed by atoms with Gasteiger partial charge in [-0.1, -0.05) is 15.9 Å². The van der Waals surface area contributed by atoms with Crippen LogP contribution in [0.1, 0.15) is 15.2 Å². The summed E-state index contributed by atoms with van der Waals surface area (Å²) in [7, 11) is -3.81. The van der Waals surface area contributed by atoms with Crippen molar-refractivity contribution in [1.29, 1.82) is 0 Å². The number of halogens is 2. The maximum Gasteiger partial charge on any atom is 0.346 e. The third kappa shape index (κ3) is 3.65. The van der Waals surface area contributed by atoms with Crippen LogP contribution in [0.5, 0.6) is 0 Å². The van der Waals surface area contributed by atoms with E-state index in [1.165, 1.54) is 12.1 Å². The zero-order chi connectivity index (χ0) is 15.8. The Bertz CT molecular complexity index is 815. The SMILES string of the molecule is Cc1cc(NS(=O)(=O)c2cc(Br)ccc2Br)sc1C(=O)O. The van der Waals surface area contributed by atoms with Crippen LogP contribution in [0, 0.1) is 6.92 Å². The van der Waals surface area contributed by atoms with E-state index in [2.05, 4.69) is 36.6 Å². The highest BCUT2D eigenvalue weighted by Crippen LogP contribution is 2.31. The predicted octanol–water partition coefficient (Wildman–Crippen LogP) is 4.08. The maximum absolute atomic E-state index is 12.4. The van der Waals surface area contributed by atoms with Crippen LogP contribution >= 0.6 is 43.2 Å². The average Bonchev–Trinajstić information content (AvgIpc) is 2.72. The minimum Gasteiger partial charge on any atom is -0.477 e. The number of nitrogens with one attached hydrogen (secondary N) is 1. The van der Waals surface area contributed by atoms with Crippen molar-refractivity contribution >= 4 is 64.2 Å². The molecule has 21 heavy (non-hydrogen) atoms. The number of benzene rings is 1. The van der Waals surface area contributed by atoms with Crippen LogP contribution in [0.15, 0.2) is 38.1 Å². The van der Waals surface area contributed by atoms with Crippen LogP contribution in [0.2, 0.25) is 0 Å². The summed E-state index contributed by atoms with van der Waals surface area (Å²) in [5, 5.41) is 9.26. The monoisotopic (exact) mass is 453 g/mol. The minimum absolute atomic E-state index is 0.0693. The number of aryl methyl sites for hydroxylation is 1. The van der Waals surface area contributed by atoms with Crippen LogP contribution < -0.4 is 4.72 Å². The van der Waals surface area contributed by atoms with Gasteiger partial charge >= 0.3 is 5.97 Å². The number of carboxylic acid groups (broad SMARTS) is 1. The molecule has 0 amide bonds. The van der Waals surface area contributed by atoms with E-state index in [0.29, 0.717) is 14.5 Å². The van der Waals surface area contributed by atoms with Gasteiger partial charge in [-0.2, -0.15) is 0 Å². The van der Waals surface area contributed by atoms with Crippen molar-refractivity contribution in [3.8, 4) is 0 Å². The number of carboxylic acids is 1. The van der Waals surface area contributed by atoms with Gasteiger partial charge in [0.05, 0.1) is 0 Å². The molecule has 0 saturated carbocycles. The molecule has 0 aliphatic heterocycles. The molecule has 0 bridgehead atoms. The average molecular weight is 455 g/mol. The molecule has 5 nitrogen and oxygen atoms in total. The number of hydrogen-bond acceptors (Lipinski definition) is 4. The van der Waals surface area contributed by atoms with Crippen LogP contribution in [-0.2, 0) is 10.0 Å². The number of thiophene rings is 1. The highest BCUT2D eigenvalue weighted by atomic mass is 79.9. The molecule has 2 aromatic rings. The van der Waals surface area contributed by atoms with Crippen molar-refractivity contribution in [2.45, 2.75) is 11.8 Å². The van der Waals surface area contributed by atoms with Crippen LogP contribution in [0.3, 0.4) is 0 Å². The molecule has 112 valence electrons. The van der Waals surface area contributed by atoms with E-state index in [1.807, 2.05) is 0 Å². The predicted molar refractivity (Wildman–Crippen MR) is 88.7 cm³/mol. The Morgan fingerprint density at radius 1 is 1.29 bits per heavy atom. The lowest BCUT2D eigenvalue weighted by molar-refractivity contribution is 0.0701. The summed E-state index contributed by atoms with van der Waals surface area (Å²) in [5.74, 6) is -1.08. The molecule has 0 fully saturated rings. The molecule has 0 unspecified atom stereocenters. The smallest absolute Gasteiger partial charge is 0.346 e. The standard InChI is InChI=1S/C12H9Br2NO4S2/c1-6-4-10(20-11(6)12(16)17)15-21(18,19)9-5-7(13)2-3-8(9)14/h2-5,15H,1H3,(H,16,17). The first-order valence-corrected chi connectivity index (χ1v) is 9.41. The summed E-state index contributed by atoms with van der Waals surface area (Å²) < 4.78 is 28.2. The Balaban J connectivity index is 2.40. The van der Waals surface area contributed by atoms with Gasteiger partial charge in [0.2, 0.25) is 0 Å². The zero-order valence-electron chi connectivity index (χ0n) is 10.6. The molecule has 2 rings (SSSR count). The lowest BCUT2D eigenvalue weighted by Gasteiger charge is -2.08. The van der Waals surface area contributed by atoms with Gasteiger partial charge in [0, 0.05) is 8.95 Å². The number of sulfonamides is 1. The van der Waals surface area contributed by atoms with Gasteiger partial charge in [-0.15, -0.1) is 11.3 Å². The van der Waals surface area contributed by atoms with Crippen molar-refractivity contribution < 1.29 is 18.3 Å². The first-order valence-electron chi connectivity index (χ1n) is 5.52. The van der Waals surface area contributed by atoms with Gasteiger partial charge in [0.15, 0.2) is 0 Å². The van der Waals surface area contributed by atoms with Crippen molar-refractivity contribution in [3.63, 3.8) is 0 Å². The van der Waals surface area contributed by atoms with Gasteiger partial charge in [-0.25, -0.2) is 13.2 Å². The highest BCUT2D eigenvalue weighted by molar-refractivity contribution is 9.11. The number of carbonyl (C=O) groups is 1. The summed E-state index contributed by atoms with van der Waals surface area (Å²) in [6.45, 7) is 1.62. The van der Waals surface area contributed by atoms with Crippen LogP contribution in [0.4, 0.5) is 5.00 Å². The number of aromatic carboxylic acids is 1. The molecule has 0 aliphatic rings. The zero-order valence-corrected chi connectivity index (χ0v) is 15.4. The Morgan fingerprint density at radius 3 is 2.52 bits per heavy atom. The van der Waals surface area contributed by atoms with Crippen molar-refractivity contribution in [3.05, 3.63) is 43.7 Å². The molecular weight excluding hydrogens is 446 g/mol. The molecule has 0 radical (unpaired) electrons. The van der Waals surface area contributed by atoms with Crippen molar-refractivity contribution in [2.75, 3.05) is 4.72 Å². The molecule has 1 aromatic heterocycles. The second-order valence-corrected chi connectivity index (χ2v) is 8.58. The van der Waals surface area contributed by atoms with E-state index < -0.39 is 16.0 Å². The second-order valence-electron chi connectivity index (χ2n) is 4.11. The second kappa shape index (κ2) is 6.07. The quantitative estimate of drug-likeness (QED) is 0.728. The highest BCUT2D eigenvalue weighted by Gasteiger charge is 2.21. The summed E-state index contributed by atoms with van der Waals surface area (Å²) in [5.41, 5.74) is 0.513. The normalized spacial score (nSPS) is 11.4. The minimum atomic E-state index is -3.81. The third-order valence-electron chi connectivity index (χ3n) is 2.53. The molecule has 2 N–H and O–H groups in total. The van der Waals surface area contributed by atoms with Crippen molar-refractivity contribution in [1.82, 2.24) is 0 Å². The van der Waals surface area contributed by atoms with E-state index in [0.717, 1.165) is 11.3 Å². The Kier molecular flexibility index (Phi) is 4.76. The van der Waals surface area contributed by atoms with Gasteiger partial charge in [0.1, 0.15) is 14.8 Å². The summed E-state index contributed by atoms with van der Waals surface area (Å²) in [6.07, 6.45) is 0. The fraction of sp³-hybridized carbons (Fsp3) is 0.0833. The summed E-state index contributed by atoms with van der Waals surface area (Å²) in [4.78, 5) is 11.2. The van der Waals surface area contributed by atoms with Gasteiger partial charge in [-0.05, 0) is 52.7 Å². The van der Waals surface area contributed by atoms with E-state index in [1.54, 1.807) is 19.1 Å². The summed E-state index contributed by atoms with van der Waals surface area (Å²) >= 11 is 7.29. The van der Waals surface area contributed by atoms with Gasteiger partial charge in [-0.3, -0.25) is 4.72 Å². The Labute approximate surface area is 142 Å². The molecule has 0 spiro atoms. The lowest BCUT2D eigenvalue weighted by Crippen LogP contribution is -2.12. The fourth-order valence-corrected chi connectivity index (χ4v) is 5.31. The van der Waals surface area contributed by atoms with Crippen LogP contribution in [0.25, 0.3) is 0 Å². The first kappa shape index (κ1) is 16.5. The van der Waals surface area contributed by atoms with Gasteiger partial charge < -0.3 is 5.11 Å². The molecule has 0 atom stereocenters. The van der Waals surface area contributed by atoms with E-state index >= 15 is 0 Å². The Hall–Kier alpha value is -0.900.